The zero-order valence-electron chi connectivity index (χ0n) is 16.2. The fourth-order valence-corrected chi connectivity index (χ4v) is 3.95. The van der Waals surface area contributed by atoms with Gasteiger partial charge in [-0.05, 0) is 43.7 Å². The van der Waals surface area contributed by atoms with Gasteiger partial charge in [0.1, 0.15) is 22.5 Å². The van der Waals surface area contributed by atoms with Gasteiger partial charge in [0.25, 0.3) is 0 Å². The van der Waals surface area contributed by atoms with Gasteiger partial charge in [0.05, 0.1) is 6.61 Å². The number of furan rings is 1. The molecule has 0 N–H and O–H groups in total. The maximum Gasteiger partial charge on any atom is 0.351 e. The number of carbonyl (C=O) groups excluding carboxylic acids is 1. The molecule has 5 nitrogen and oxygen atoms in total. The lowest BCUT2D eigenvalue weighted by Crippen LogP contribution is -2.18. The molecular formula is C22H24O5. The zero-order chi connectivity index (χ0) is 19.3. The fourth-order valence-electron chi connectivity index (χ4n) is 3.95. The number of fused-ring (bicyclic) bond motifs is 5. The third-order valence-corrected chi connectivity index (χ3v) is 5.24. The highest BCUT2D eigenvalue weighted by atomic mass is 16.5. The first-order valence-corrected chi connectivity index (χ1v) is 9.54. The summed E-state index contributed by atoms with van der Waals surface area (Å²) in [4.78, 5) is 24.7. The van der Waals surface area contributed by atoms with Crippen molar-refractivity contribution in [3.8, 4) is 0 Å². The Balaban J connectivity index is 2.14. The number of carbonyl (C=O) groups is 1. The van der Waals surface area contributed by atoms with Gasteiger partial charge in [0.15, 0.2) is 0 Å². The van der Waals surface area contributed by atoms with E-state index in [1.165, 1.54) is 5.56 Å². The fraction of sp³-hybridized carbons (Fsp3) is 0.455. The maximum absolute atomic E-state index is 12.5. The van der Waals surface area contributed by atoms with Gasteiger partial charge in [0.2, 0.25) is 0 Å². The van der Waals surface area contributed by atoms with Crippen LogP contribution in [-0.4, -0.2) is 12.6 Å². The Hall–Kier alpha value is -2.56. The highest BCUT2D eigenvalue weighted by Gasteiger charge is 2.27. The molecule has 1 aliphatic rings. The van der Waals surface area contributed by atoms with Crippen molar-refractivity contribution in [1.29, 1.82) is 0 Å². The Bertz CT molecular complexity index is 1110. The smallest absolute Gasteiger partial charge is 0.351 e. The van der Waals surface area contributed by atoms with E-state index >= 15 is 0 Å². The third-order valence-electron chi connectivity index (χ3n) is 5.24. The van der Waals surface area contributed by atoms with Crippen molar-refractivity contribution in [2.45, 2.75) is 58.8 Å². The Kier molecular flexibility index (Phi) is 4.13. The number of rotatable bonds is 2. The molecule has 3 aromatic rings. The quantitative estimate of drug-likeness (QED) is 0.476. The van der Waals surface area contributed by atoms with E-state index in [2.05, 4.69) is 20.8 Å². The highest BCUT2D eigenvalue weighted by molar-refractivity contribution is 6.09. The van der Waals surface area contributed by atoms with Gasteiger partial charge in [0, 0.05) is 28.3 Å². The molecule has 142 valence electrons. The van der Waals surface area contributed by atoms with Crippen LogP contribution in [0.25, 0.3) is 21.9 Å². The Morgan fingerprint density at radius 1 is 1.15 bits per heavy atom. The third kappa shape index (κ3) is 2.85. The van der Waals surface area contributed by atoms with Crippen molar-refractivity contribution < 1.29 is 18.4 Å². The lowest BCUT2D eigenvalue weighted by molar-refractivity contribution is 0.0522. The predicted molar refractivity (Wildman–Crippen MR) is 104 cm³/mol. The summed E-state index contributed by atoms with van der Waals surface area (Å²) in [6.07, 6.45) is 4.06. The number of benzene rings is 1. The monoisotopic (exact) mass is 368 g/mol. The summed E-state index contributed by atoms with van der Waals surface area (Å²) in [6, 6.07) is 3.62. The summed E-state index contributed by atoms with van der Waals surface area (Å²) in [7, 11) is 0. The average Bonchev–Trinajstić information content (AvgIpc) is 2.98. The van der Waals surface area contributed by atoms with Crippen LogP contribution < -0.4 is 5.63 Å². The zero-order valence-corrected chi connectivity index (χ0v) is 16.2. The van der Waals surface area contributed by atoms with Crippen LogP contribution in [0, 0.1) is 0 Å². The SMILES string of the molecule is CCOC(=O)c1cc2c(oc1=O)c(C(C)(C)C)cc1oc3c(c12)CCCC3. The van der Waals surface area contributed by atoms with Crippen LogP contribution in [-0.2, 0) is 23.0 Å². The van der Waals surface area contributed by atoms with Crippen molar-refractivity contribution in [2.24, 2.45) is 0 Å². The van der Waals surface area contributed by atoms with E-state index < -0.39 is 11.6 Å². The summed E-state index contributed by atoms with van der Waals surface area (Å²) in [6.45, 7) is 8.11. The normalized spacial score (nSPS) is 14.5. The van der Waals surface area contributed by atoms with Crippen LogP contribution in [0.15, 0.2) is 25.8 Å². The van der Waals surface area contributed by atoms with Crippen molar-refractivity contribution in [2.75, 3.05) is 6.61 Å². The molecule has 5 heteroatoms. The van der Waals surface area contributed by atoms with Gasteiger partial charge in [-0.3, -0.25) is 0 Å². The minimum Gasteiger partial charge on any atom is -0.462 e. The molecule has 0 saturated heterocycles. The van der Waals surface area contributed by atoms with Crippen LogP contribution in [0.1, 0.15) is 67.8 Å². The van der Waals surface area contributed by atoms with Crippen LogP contribution in [0.2, 0.25) is 0 Å². The summed E-state index contributed by atoms with van der Waals surface area (Å²) in [5.74, 6) is 0.354. The molecule has 0 bridgehead atoms. The highest BCUT2D eigenvalue weighted by Crippen LogP contribution is 2.41. The average molecular weight is 368 g/mol. The minimum absolute atomic E-state index is 0.0672. The predicted octanol–water partition coefficient (Wildman–Crippen LogP) is 4.89. The van der Waals surface area contributed by atoms with Gasteiger partial charge in [-0.1, -0.05) is 20.8 Å². The molecule has 0 spiro atoms. The second-order valence-corrected chi connectivity index (χ2v) is 8.17. The van der Waals surface area contributed by atoms with Gasteiger partial charge < -0.3 is 13.6 Å². The van der Waals surface area contributed by atoms with Gasteiger partial charge in [-0.15, -0.1) is 0 Å². The Labute approximate surface area is 157 Å². The van der Waals surface area contributed by atoms with Crippen molar-refractivity contribution in [3.63, 3.8) is 0 Å². The van der Waals surface area contributed by atoms with Crippen molar-refractivity contribution in [1.82, 2.24) is 0 Å². The molecular weight excluding hydrogens is 344 g/mol. The Morgan fingerprint density at radius 3 is 2.59 bits per heavy atom. The molecule has 0 fully saturated rings. The van der Waals surface area contributed by atoms with Gasteiger partial charge in [-0.2, -0.15) is 0 Å². The summed E-state index contributed by atoms with van der Waals surface area (Å²) in [5, 5.41) is 1.72. The second-order valence-electron chi connectivity index (χ2n) is 8.17. The second kappa shape index (κ2) is 6.25. The van der Waals surface area contributed by atoms with Gasteiger partial charge >= 0.3 is 11.6 Å². The minimum atomic E-state index is -0.664. The molecule has 27 heavy (non-hydrogen) atoms. The lowest BCUT2D eigenvalue weighted by atomic mass is 9.84. The van der Waals surface area contributed by atoms with Crippen molar-refractivity contribution in [3.05, 3.63) is 45.0 Å². The summed E-state index contributed by atoms with van der Waals surface area (Å²) >= 11 is 0. The van der Waals surface area contributed by atoms with E-state index in [0.29, 0.717) is 5.58 Å². The molecule has 0 unspecified atom stereocenters. The largest absolute Gasteiger partial charge is 0.462 e. The molecule has 0 atom stereocenters. The van der Waals surface area contributed by atoms with E-state index in [0.717, 1.165) is 53.4 Å². The van der Waals surface area contributed by atoms with Crippen LogP contribution in [0.5, 0.6) is 0 Å². The number of hydrogen-bond acceptors (Lipinski definition) is 5. The summed E-state index contributed by atoms with van der Waals surface area (Å²) in [5.41, 5.74) is 2.41. The molecule has 0 aliphatic heterocycles. The maximum atomic E-state index is 12.5. The first-order chi connectivity index (χ1) is 12.8. The van der Waals surface area contributed by atoms with Crippen LogP contribution >= 0.6 is 0 Å². The number of aryl methyl sites for hydroxylation is 2. The molecule has 2 heterocycles. The van der Waals surface area contributed by atoms with Gasteiger partial charge in [-0.25, -0.2) is 9.59 Å². The van der Waals surface area contributed by atoms with E-state index in [1.54, 1.807) is 13.0 Å². The number of ether oxygens (including phenoxy) is 1. The molecule has 1 aliphatic carbocycles. The van der Waals surface area contributed by atoms with Crippen molar-refractivity contribution >= 4 is 27.9 Å². The topological polar surface area (TPSA) is 69.7 Å². The first-order valence-electron chi connectivity index (χ1n) is 9.54. The molecule has 4 rings (SSSR count). The number of esters is 1. The van der Waals surface area contributed by atoms with Crippen LogP contribution in [0.3, 0.4) is 0 Å². The molecule has 2 aromatic heterocycles. The molecule has 0 amide bonds. The number of hydrogen-bond donors (Lipinski definition) is 0. The molecule has 1 aromatic carbocycles. The molecule has 0 radical (unpaired) electrons. The van der Waals surface area contributed by atoms with Crippen LogP contribution in [0.4, 0.5) is 0 Å². The first kappa shape index (κ1) is 17.8. The lowest BCUT2D eigenvalue weighted by Gasteiger charge is -2.20. The van der Waals surface area contributed by atoms with E-state index in [9.17, 15) is 9.59 Å². The Morgan fingerprint density at radius 2 is 1.89 bits per heavy atom. The summed E-state index contributed by atoms with van der Waals surface area (Å²) < 4.78 is 16.9. The molecule has 0 saturated carbocycles. The standard InChI is InChI=1S/C22H24O5/c1-5-25-20(23)14-10-13-18-12-8-6-7-9-16(12)26-17(18)11-15(22(2,3)4)19(13)27-21(14)24/h10-11H,5-9H2,1-4H3. The van der Waals surface area contributed by atoms with E-state index in [1.807, 2.05) is 6.07 Å². The van der Waals surface area contributed by atoms with E-state index in [4.69, 9.17) is 13.6 Å². The van der Waals surface area contributed by atoms with E-state index in [-0.39, 0.29) is 17.6 Å².